The molecule has 17 heavy (non-hydrogen) atoms. The Kier molecular flexibility index (Phi) is 3.83. The van der Waals surface area contributed by atoms with Gasteiger partial charge in [-0.3, -0.25) is 5.41 Å². The highest BCUT2D eigenvalue weighted by Gasteiger charge is 2.04. The predicted molar refractivity (Wildman–Crippen MR) is 75.1 cm³/mol. The Morgan fingerprint density at radius 2 is 1.65 bits per heavy atom. The van der Waals surface area contributed by atoms with Gasteiger partial charge in [-0.15, -0.1) is 0 Å². The summed E-state index contributed by atoms with van der Waals surface area (Å²) in [7, 11) is 0. The summed E-state index contributed by atoms with van der Waals surface area (Å²) in [5, 5.41) is 7.42. The van der Waals surface area contributed by atoms with E-state index >= 15 is 0 Å². The van der Waals surface area contributed by atoms with Gasteiger partial charge in [0.15, 0.2) is 5.17 Å². The molecular formula is C14H14N2S. The van der Waals surface area contributed by atoms with E-state index in [1.165, 1.54) is 28.5 Å². The van der Waals surface area contributed by atoms with Crippen molar-refractivity contribution in [2.75, 3.05) is 0 Å². The molecule has 0 saturated carbocycles. The third-order valence-corrected chi connectivity index (χ3v) is 3.25. The molecule has 2 nitrogen and oxygen atoms in total. The first-order valence-corrected chi connectivity index (χ1v) is 6.36. The quantitative estimate of drug-likeness (QED) is 0.639. The lowest BCUT2D eigenvalue weighted by Crippen LogP contribution is -2.04. The van der Waals surface area contributed by atoms with Crippen LogP contribution in [0.2, 0.25) is 0 Å². The highest BCUT2D eigenvalue weighted by atomic mass is 32.2. The summed E-state index contributed by atoms with van der Waals surface area (Å²) in [6.45, 7) is 0. The standard InChI is InChI=1S/C14H14N2S/c15-14(16)17-10-12-8-4-5-9-13(12)11-6-2-1-3-7-11/h1-9H,10H2,(H3,15,16). The minimum atomic E-state index is 0.160. The Balaban J connectivity index is 2.31. The van der Waals surface area contributed by atoms with Crippen LogP contribution in [-0.2, 0) is 5.75 Å². The monoisotopic (exact) mass is 242 g/mol. The number of thioether (sulfide) groups is 1. The summed E-state index contributed by atoms with van der Waals surface area (Å²) in [6.07, 6.45) is 0. The van der Waals surface area contributed by atoms with Crippen LogP contribution in [0.1, 0.15) is 5.56 Å². The number of nitrogens with one attached hydrogen (secondary N) is 1. The van der Waals surface area contributed by atoms with Gasteiger partial charge in [-0.05, 0) is 16.7 Å². The molecule has 86 valence electrons. The van der Waals surface area contributed by atoms with E-state index in [-0.39, 0.29) is 5.17 Å². The Hall–Kier alpha value is -1.74. The van der Waals surface area contributed by atoms with Crippen molar-refractivity contribution < 1.29 is 0 Å². The maximum Gasteiger partial charge on any atom is 0.151 e. The van der Waals surface area contributed by atoms with Crippen LogP contribution in [-0.4, -0.2) is 5.17 Å². The van der Waals surface area contributed by atoms with Crippen LogP contribution in [0.3, 0.4) is 0 Å². The molecule has 3 N–H and O–H groups in total. The smallest absolute Gasteiger partial charge is 0.151 e. The molecule has 0 aliphatic carbocycles. The lowest BCUT2D eigenvalue weighted by Gasteiger charge is -2.08. The molecule has 3 heteroatoms. The molecule has 0 atom stereocenters. The summed E-state index contributed by atoms with van der Waals surface area (Å²) < 4.78 is 0. The molecule has 0 aliphatic heterocycles. The molecule has 0 unspecified atom stereocenters. The van der Waals surface area contributed by atoms with Gasteiger partial charge in [-0.2, -0.15) is 0 Å². The number of benzene rings is 2. The molecular weight excluding hydrogens is 228 g/mol. The van der Waals surface area contributed by atoms with Gasteiger partial charge in [-0.1, -0.05) is 66.4 Å². The zero-order chi connectivity index (χ0) is 12.1. The molecule has 2 aromatic carbocycles. The second-order valence-electron chi connectivity index (χ2n) is 3.68. The van der Waals surface area contributed by atoms with Gasteiger partial charge in [0.05, 0.1) is 0 Å². The van der Waals surface area contributed by atoms with Crippen molar-refractivity contribution >= 4 is 16.9 Å². The van der Waals surface area contributed by atoms with Crippen LogP contribution in [0.25, 0.3) is 11.1 Å². The lowest BCUT2D eigenvalue weighted by atomic mass is 10.0. The van der Waals surface area contributed by atoms with Crippen LogP contribution in [0.4, 0.5) is 0 Å². The van der Waals surface area contributed by atoms with Gasteiger partial charge in [0.25, 0.3) is 0 Å². The van der Waals surface area contributed by atoms with Gasteiger partial charge < -0.3 is 5.73 Å². The summed E-state index contributed by atoms with van der Waals surface area (Å²) in [6, 6.07) is 18.5. The molecule has 0 bridgehead atoms. The van der Waals surface area contributed by atoms with E-state index in [4.69, 9.17) is 11.1 Å². The Morgan fingerprint density at radius 1 is 1.00 bits per heavy atom. The topological polar surface area (TPSA) is 49.9 Å². The van der Waals surface area contributed by atoms with Gasteiger partial charge in [0, 0.05) is 5.75 Å². The molecule has 0 saturated heterocycles. The van der Waals surface area contributed by atoms with E-state index in [1.54, 1.807) is 0 Å². The third-order valence-electron chi connectivity index (χ3n) is 2.49. The van der Waals surface area contributed by atoms with Gasteiger partial charge >= 0.3 is 0 Å². The number of rotatable bonds is 3. The Bertz CT molecular complexity index is 509. The third kappa shape index (κ3) is 3.11. The van der Waals surface area contributed by atoms with Crippen molar-refractivity contribution in [3.8, 4) is 11.1 Å². The zero-order valence-electron chi connectivity index (χ0n) is 9.39. The van der Waals surface area contributed by atoms with Crippen LogP contribution >= 0.6 is 11.8 Å². The van der Waals surface area contributed by atoms with E-state index < -0.39 is 0 Å². The van der Waals surface area contributed by atoms with Crippen LogP contribution in [0, 0.1) is 5.41 Å². The van der Waals surface area contributed by atoms with Crippen molar-refractivity contribution in [1.29, 1.82) is 5.41 Å². The minimum Gasteiger partial charge on any atom is -0.379 e. The average molecular weight is 242 g/mol. The van der Waals surface area contributed by atoms with E-state index in [0.29, 0.717) is 0 Å². The maximum atomic E-state index is 7.26. The van der Waals surface area contributed by atoms with Crippen molar-refractivity contribution in [2.45, 2.75) is 5.75 Å². The number of hydrogen-bond acceptors (Lipinski definition) is 2. The molecule has 0 radical (unpaired) electrons. The fourth-order valence-electron chi connectivity index (χ4n) is 1.70. The number of nitrogens with two attached hydrogens (primary N) is 1. The molecule has 0 spiro atoms. The zero-order valence-corrected chi connectivity index (χ0v) is 10.2. The van der Waals surface area contributed by atoms with Gasteiger partial charge in [-0.25, -0.2) is 0 Å². The van der Waals surface area contributed by atoms with E-state index in [0.717, 1.165) is 5.75 Å². The maximum absolute atomic E-state index is 7.26. The molecule has 0 heterocycles. The first-order chi connectivity index (χ1) is 8.27. The summed E-state index contributed by atoms with van der Waals surface area (Å²) in [5.74, 6) is 0.737. The molecule has 2 rings (SSSR count). The second-order valence-corrected chi connectivity index (χ2v) is 4.69. The second kappa shape index (κ2) is 5.55. The van der Waals surface area contributed by atoms with Crippen molar-refractivity contribution in [1.82, 2.24) is 0 Å². The summed E-state index contributed by atoms with van der Waals surface area (Å²) in [4.78, 5) is 0. The first-order valence-electron chi connectivity index (χ1n) is 5.37. The van der Waals surface area contributed by atoms with Crippen molar-refractivity contribution in [3.63, 3.8) is 0 Å². The van der Waals surface area contributed by atoms with E-state index in [1.807, 2.05) is 30.3 Å². The van der Waals surface area contributed by atoms with Gasteiger partial charge in [0.2, 0.25) is 0 Å². The number of amidine groups is 1. The molecule has 0 aromatic heterocycles. The normalized spacial score (nSPS) is 10.1. The van der Waals surface area contributed by atoms with E-state index in [9.17, 15) is 0 Å². The minimum absolute atomic E-state index is 0.160. The molecule has 0 aliphatic rings. The lowest BCUT2D eigenvalue weighted by molar-refractivity contribution is 1.41. The fourth-order valence-corrected chi connectivity index (χ4v) is 2.26. The van der Waals surface area contributed by atoms with Crippen molar-refractivity contribution in [3.05, 3.63) is 60.2 Å². The number of hydrogen-bond donors (Lipinski definition) is 2. The Morgan fingerprint density at radius 3 is 2.35 bits per heavy atom. The highest BCUT2D eigenvalue weighted by molar-refractivity contribution is 8.13. The summed E-state index contributed by atoms with van der Waals surface area (Å²) in [5.41, 5.74) is 8.99. The largest absolute Gasteiger partial charge is 0.379 e. The highest BCUT2D eigenvalue weighted by Crippen LogP contribution is 2.26. The molecule has 0 fully saturated rings. The fraction of sp³-hybridized carbons (Fsp3) is 0.0714. The van der Waals surface area contributed by atoms with E-state index in [2.05, 4.69) is 24.3 Å². The van der Waals surface area contributed by atoms with Crippen molar-refractivity contribution in [2.24, 2.45) is 5.73 Å². The van der Waals surface area contributed by atoms with Crippen LogP contribution in [0.5, 0.6) is 0 Å². The van der Waals surface area contributed by atoms with Gasteiger partial charge in [0.1, 0.15) is 0 Å². The van der Waals surface area contributed by atoms with Crippen LogP contribution in [0.15, 0.2) is 54.6 Å². The molecule has 2 aromatic rings. The average Bonchev–Trinajstić information content (AvgIpc) is 2.38. The SMILES string of the molecule is N=C(N)SCc1ccccc1-c1ccccc1. The van der Waals surface area contributed by atoms with Crippen LogP contribution < -0.4 is 5.73 Å². The first kappa shape index (κ1) is 11.7. The predicted octanol–water partition coefficient (Wildman–Crippen LogP) is 3.48. The summed E-state index contributed by atoms with van der Waals surface area (Å²) >= 11 is 1.35. The molecule has 0 amide bonds. The Labute approximate surface area is 105 Å².